The molecule has 7 heteroatoms. The first-order valence-electron chi connectivity index (χ1n) is 8.55. The molecule has 0 aliphatic carbocycles. The molecule has 1 aromatic carbocycles. The van der Waals surface area contributed by atoms with Gasteiger partial charge in [0.25, 0.3) is 0 Å². The number of carbonyl (C=O) groups excluding carboxylic acids is 1. The van der Waals surface area contributed by atoms with Gasteiger partial charge in [0, 0.05) is 47.2 Å². The van der Waals surface area contributed by atoms with Gasteiger partial charge in [-0.25, -0.2) is 9.97 Å². The van der Waals surface area contributed by atoms with E-state index in [2.05, 4.69) is 25.3 Å². The van der Waals surface area contributed by atoms with Crippen LogP contribution in [0, 0.1) is 0 Å². The van der Waals surface area contributed by atoms with Crippen LogP contribution in [0.25, 0.3) is 11.3 Å². The summed E-state index contributed by atoms with van der Waals surface area (Å²) in [4.78, 5) is 29.6. The van der Waals surface area contributed by atoms with Crippen molar-refractivity contribution in [3.05, 3.63) is 90.6 Å². The maximum atomic E-state index is 12.8. The Balaban J connectivity index is 1.67. The summed E-state index contributed by atoms with van der Waals surface area (Å²) in [5, 5.41) is 3.10. The van der Waals surface area contributed by atoms with Gasteiger partial charge in [-0.1, -0.05) is 6.07 Å². The number of aromatic nitrogens is 4. The fourth-order valence-corrected chi connectivity index (χ4v) is 2.71. The third-order valence-corrected chi connectivity index (χ3v) is 4.09. The number of pyridine rings is 2. The highest BCUT2D eigenvalue weighted by Crippen LogP contribution is 2.25. The molecule has 4 rings (SSSR count). The summed E-state index contributed by atoms with van der Waals surface area (Å²) < 4.78 is 0. The molecule has 0 amide bonds. The molecule has 3 N–H and O–H groups in total. The smallest absolute Gasteiger partial charge is 0.227 e. The van der Waals surface area contributed by atoms with E-state index in [0.29, 0.717) is 28.5 Å². The molecule has 0 unspecified atom stereocenters. The lowest BCUT2D eigenvalue weighted by Gasteiger charge is -2.09. The minimum atomic E-state index is -0.185. The molecule has 0 aliphatic rings. The molecule has 0 bridgehead atoms. The second-order valence-electron chi connectivity index (χ2n) is 6.01. The van der Waals surface area contributed by atoms with E-state index in [1.807, 2.05) is 18.2 Å². The van der Waals surface area contributed by atoms with Gasteiger partial charge in [0.15, 0.2) is 5.78 Å². The number of nitrogen functional groups attached to an aromatic ring is 1. The van der Waals surface area contributed by atoms with Crippen molar-refractivity contribution in [2.24, 2.45) is 0 Å². The Morgan fingerprint density at radius 1 is 0.929 bits per heavy atom. The molecular weight excluding hydrogens is 352 g/mol. The number of carbonyl (C=O) groups is 1. The molecule has 4 aromatic rings. The van der Waals surface area contributed by atoms with Crippen molar-refractivity contribution in [1.29, 1.82) is 0 Å². The van der Waals surface area contributed by atoms with Crippen LogP contribution in [0.15, 0.2) is 79.5 Å². The van der Waals surface area contributed by atoms with Gasteiger partial charge in [-0.05, 0) is 42.5 Å². The van der Waals surface area contributed by atoms with Crippen LogP contribution in [-0.4, -0.2) is 25.7 Å². The predicted molar refractivity (Wildman–Crippen MR) is 107 cm³/mol. The minimum absolute atomic E-state index is 0.185. The quantitative estimate of drug-likeness (QED) is 0.410. The van der Waals surface area contributed by atoms with Crippen molar-refractivity contribution in [3.8, 4) is 11.3 Å². The zero-order valence-corrected chi connectivity index (χ0v) is 14.8. The second-order valence-corrected chi connectivity index (χ2v) is 6.01. The first kappa shape index (κ1) is 17.3. The van der Waals surface area contributed by atoms with Crippen LogP contribution in [0.1, 0.15) is 15.9 Å². The fraction of sp³-hybridized carbons (Fsp3) is 0. The Bertz CT molecular complexity index is 1120. The molecule has 28 heavy (non-hydrogen) atoms. The molecule has 0 aliphatic heterocycles. The zero-order chi connectivity index (χ0) is 19.3. The molecule has 0 radical (unpaired) electrons. The first-order chi connectivity index (χ1) is 13.7. The lowest BCUT2D eigenvalue weighted by Crippen LogP contribution is -2.06. The van der Waals surface area contributed by atoms with E-state index >= 15 is 0 Å². The predicted octanol–water partition coefficient (Wildman–Crippen LogP) is 3.49. The molecule has 0 saturated heterocycles. The van der Waals surface area contributed by atoms with E-state index in [1.54, 1.807) is 55.1 Å². The van der Waals surface area contributed by atoms with E-state index in [9.17, 15) is 4.79 Å². The van der Waals surface area contributed by atoms with Gasteiger partial charge < -0.3 is 11.1 Å². The number of nitrogens with zero attached hydrogens (tertiary/aromatic N) is 4. The fourth-order valence-electron chi connectivity index (χ4n) is 2.71. The van der Waals surface area contributed by atoms with Crippen LogP contribution in [0.3, 0.4) is 0 Å². The Labute approximate surface area is 161 Å². The maximum absolute atomic E-state index is 12.8. The third-order valence-electron chi connectivity index (χ3n) is 4.09. The van der Waals surface area contributed by atoms with E-state index in [4.69, 9.17) is 5.73 Å². The summed E-state index contributed by atoms with van der Waals surface area (Å²) in [5.41, 5.74) is 9.55. The standard InChI is InChI=1S/C21H16N6O/c22-18-6-5-14(11-17(18)20(28)15-3-1-8-23-12-15)19-7-10-25-21(27-19)26-16-4-2-9-24-13-16/h1-13H,22H2,(H,25,26,27). The van der Waals surface area contributed by atoms with Crippen LogP contribution < -0.4 is 11.1 Å². The van der Waals surface area contributed by atoms with Gasteiger partial charge in [0.1, 0.15) is 0 Å². The van der Waals surface area contributed by atoms with Crippen LogP contribution in [-0.2, 0) is 0 Å². The molecule has 0 fully saturated rings. The molecule has 0 spiro atoms. The van der Waals surface area contributed by atoms with Crippen LogP contribution in [0.5, 0.6) is 0 Å². The Morgan fingerprint density at radius 3 is 2.50 bits per heavy atom. The van der Waals surface area contributed by atoms with E-state index in [0.717, 1.165) is 11.3 Å². The van der Waals surface area contributed by atoms with Crippen LogP contribution in [0.2, 0.25) is 0 Å². The highest BCUT2D eigenvalue weighted by atomic mass is 16.1. The Kier molecular flexibility index (Phi) is 4.71. The maximum Gasteiger partial charge on any atom is 0.227 e. The summed E-state index contributed by atoms with van der Waals surface area (Å²) in [6.07, 6.45) is 8.17. The number of hydrogen-bond acceptors (Lipinski definition) is 7. The van der Waals surface area contributed by atoms with Gasteiger partial charge >= 0.3 is 0 Å². The lowest BCUT2D eigenvalue weighted by atomic mass is 9.99. The van der Waals surface area contributed by atoms with Crippen LogP contribution >= 0.6 is 0 Å². The Hall–Kier alpha value is -4.13. The monoisotopic (exact) mass is 368 g/mol. The van der Waals surface area contributed by atoms with E-state index < -0.39 is 0 Å². The van der Waals surface area contributed by atoms with E-state index in [-0.39, 0.29) is 5.78 Å². The summed E-state index contributed by atoms with van der Waals surface area (Å²) in [6, 6.07) is 14.2. The van der Waals surface area contributed by atoms with Crippen molar-refractivity contribution in [2.75, 3.05) is 11.1 Å². The Morgan fingerprint density at radius 2 is 1.75 bits per heavy atom. The van der Waals surface area contributed by atoms with Crippen molar-refractivity contribution >= 4 is 23.1 Å². The summed E-state index contributed by atoms with van der Waals surface area (Å²) in [7, 11) is 0. The van der Waals surface area contributed by atoms with Crippen molar-refractivity contribution < 1.29 is 4.79 Å². The van der Waals surface area contributed by atoms with Gasteiger partial charge in [0.2, 0.25) is 5.95 Å². The van der Waals surface area contributed by atoms with Crippen molar-refractivity contribution in [1.82, 2.24) is 19.9 Å². The molecule has 3 aromatic heterocycles. The number of rotatable bonds is 5. The zero-order valence-electron chi connectivity index (χ0n) is 14.8. The number of ketones is 1. The number of nitrogens with one attached hydrogen (secondary N) is 1. The molecule has 136 valence electrons. The van der Waals surface area contributed by atoms with E-state index in [1.165, 1.54) is 6.20 Å². The highest BCUT2D eigenvalue weighted by molar-refractivity contribution is 6.12. The number of nitrogens with two attached hydrogens (primary N) is 1. The first-order valence-corrected chi connectivity index (χ1v) is 8.55. The summed E-state index contributed by atoms with van der Waals surface area (Å²) in [5.74, 6) is 0.248. The summed E-state index contributed by atoms with van der Waals surface area (Å²) in [6.45, 7) is 0. The van der Waals surface area contributed by atoms with Gasteiger partial charge in [-0.3, -0.25) is 14.8 Å². The topological polar surface area (TPSA) is 107 Å². The highest BCUT2D eigenvalue weighted by Gasteiger charge is 2.14. The van der Waals surface area contributed by atoms with Gasteiger partial charge in [-0.2, -0.15) is 0 Å². The molecule has 0 atom stereocenters. The summed E-state index contributed by atoms with van der Waals surface area (Å²) >= 11 is 0. The van der Waals surface area contributed by atoms with Gasteiger partial charge in [-0.15, -0.1) is 0 Å². The lowest BCUT2D eigenvalue weighted by molar-refractivity contribution is 0.103. The largest absolute Gasteiger partial charge is 0.398 e. The van der Waals surface area contributed by atoms with Crippen molar-refractivity contribution in [2.45, 2.75) is 0 Å². The average molecular weight is 368 g/mol. The SMILES string of the molecule is Nc1ccc(-c2ccnc(Nc3cccnc3)n2)cc1C(=O)c1cccnc1. The number of hydrogen-bond donors (Lipinski definition) is 2. The molecule has 0 saturated carbocycles. The van der Waals surface area contributed by atoms with Gasteiger partial charge in [0.05, 0.1) is 17.6 Å². The normalized spacial score (nSPS) is 10.4. The average Bonchev–Trinajstić information content (AvgIpc) is 2.75. The minimum Gasteiger partial charge on any atom is -0.398 e. The number of benzene rings is 1. The molecule has 3 heterocycles. The van der Waals surface area contributed by atoms with Crippen LogP contribution in [0.4, 0.5) is 17.3 Å². The van der Waals surface area contributed by atoms with Crippen molar-refractivity contribution in [3.63, 3.8) is 0 Å². The molecule has 7 nitrogen and oxygen atoms in total. The molecular formula is C21H16N6O. The second kappa shape index (κ2) is 7.63. The third kappa shape index (κ3) is 3.68. The number of anilines is 3.